The van der Waals surface area contributed by atoms with Crippen LogP contribution in [0.5, 0.6) is 0 Å². The van der Waals surface area contributed by atoms with E-state index in [2.05, 4.69) is 15.3 Å². The van der Waals surface area contributed by atoms with Crippen molar-refractivity contribution in [3.8, 4) is 0 Å². The van der Waals surface area contributed by atoms with Gasteiger partial charge in [0.15, 0.2) is 0 Å². The van der Waals surface area contributed by atoms with Gasteiger partial charge < -0.3 is 5.32 Å². The van der Waals surface area contributed by atoms with Gasteiger partial charge in [-0.1, -0.05) is 0 Å². The van der Waals surface area contributed by atoms with Gasteiger partial charge in [-0.25, -0.2) is 9.97 Å². The number of hydrogen-bond acceptors (Lipinski definition) is 3. The fraction of sp³-hybridized carbons (Fsp3) is 0. The predicted molar refractivity (Wildman–Crippen MR) is 34.1 cm³/mol. The van der Waals surface area contributed by atoms with Crippen molar-refractivity contribution in [1.29, 1.82) is 0 Å². The van der Waals surface area contributed by atoms with Crippen LogP contribution in [-0.4, -0.2) is 15.9 Å². The van der Waals surface area contributed by atoms with Gasteiger partial charge in [-0.15, -0.1) is 0 Å². The lowest BCUT2D eigenvalue weighted by Crippen LogP contribution is -2.02. The van der Waals surface area contributed by atoms with Crippen molar-refractivity contribution in [3.05, 3.63) is 24.5 Å². The second-order valence-corrected chi connectivity index (χ2v) is 1.96. The van der Waals surface area contributed by atoms with Crippen LogP contribution in [0.25, 0.3) is 0 Å². The molecule has 1 radical (unpaired) electrons. The first-order valence-corrected chi connectivity index (χ1v) is 2.82. The van der Waals surface area contributed by atoms with Crippen LogP contribution in [-0.2, 0) is 4.79 Å². The summed E-state index contributed by atoms with van der Waals surface area (Å²) < 4.78 is 0. The predicted octanol–water partition coefficient (Wildman–Crippen LogP) is -0.0189. The molecule has 1 aliphatic rings. The topological polar surface area (TPSA) is 54.9 Å². The number of aromatic nitrogens is 2. The molecule has 0 unspecified atom stereocenters. The number of carbonyl (C=O) groups excluding carboxylic acids is 1. The van der Waals surface area contributed by atoms with Gasteiger partial charge in [0.05, 0.1) is 6.42 Å². The minimum Gasteiger partial charge on any atom is -0.310 e. The normalized spacial score (nSPS) is 14.6. The molecule has 1 N–H and O–H groups in total. The van der Waals surface area contributed by atoms with Crippen LogP contribution in [0.2, 0.25) is 0 Å². The van der Waals surface area contributed by atoms with Crippen molar-refractivity contribution >= 4 is 11.7 Å². The maximum absolute atomic E-state index is 10.7. The van der Waals surface area contributed by atoms with Gasteiger partial charge in [-0.2, -0.15) is 0 Å². The summed E-state index contributed by atoms with van der Waals surface area (Å²) in [4.78, 5) is 18.3. The molecule has 4 nitrogen and oxygen atoms in total. The highest BCUT2D eigenvalue weighted by atomic mass is 16.1. The van der Waals surface area contributed by atoms with Crippen molar-refractivity contribution in [2.75, 3.05) is 5.32 Å². The number of amides is 1. The van der Waals surface area contributed by atoms with Crippen molar-refractivity contribution in [2.45, 2.75) is 0 Å². The van der Waals surface area contributed by atoms with Crippen LogP contribution in [0.15, 0.2) is 12.5 Å². The summed E-state index contributed by atoms with van der Waals surface area (Å²) in [5.74, 6) is 0.468. The second kappa shape index (κ2) is 1.76. The molecule has 1 aromatic heterocycles. The van der Waals surface area contributed by atoms with E-state index in [9.17, 15) is 4.79 Å². The zero-order chi connectivity index (χ0) is 6.97. The third-order valence-electron chi connectivity index (χ3n) is 1.27. The molecule has 0 spiro atoms. The molecule has 1 amide bonds. The molecule has 0 saturated carbocycles. The van der Waals surface area contributed by atoms with Crippen LogP contribution >= 0.6 is 0 Å². The van der Waals surface area contributed by atoms with E-state index in [0.717, 1.165) is 5.56 Å². The Hall–Kier alpha value is -1.45. The van der Waals surface area contributed by atoms with E-state index in [1.54, 1.807) is 6.20 Å². The molecule has 1 aromatic rings. The van der Waals surface area contributed by atoms with Gasteiger partial charge in [0.1, 0.15) is 12.1 Å². The molecule has 0 aliphatic carbocycles. The number of anilines is 1. The van der Waals surface area contributed by atoms with E-state index in [1.165, 1.54) is 12.7 Å². The van der Waals surface area contributed by atoms with Gasteiger partial charge in [0, 0.05) is 11.8 Å². The Labute approximate surface area is 57.3 Å². The lowest BCUT2D eigenvalue weighted by Gasteiger charge is -1.91. The van der Waals surface area contributed by atoms with Crippen LogP contribution in [0, 0.1) is 6.42 Å². The summed E-state index contributed by atoms with van der Waals surface area (Å²) in [5, 5.41) is 2.55. The monoisotopic (exact) mass is 134 g/mol. The first-order valence-electron chi connectivity index (χ1n) is 2.82. The first-order chi connectivity index (χ1) is 4.86. The van der Waals surface area contributed by atoms with E-state index in [4.69, 9.17) is 0 Å². The first kappa shape index (κ1) is 5.34. The lowest BCUT2D eigenvalue weighted by molar-refractivity contribution is -0.112. The average Bonchev–Trinajstić information content (AvgIpc) is 2.27. The molecule has 0 fully saturated rings. The Morgan fingerprint density at radius 2 is 2.40 bits per heavy atom. The number of hydrogen-bond donors (Lipinski definition) is 1. The van der Waals surface area contributed by atoms with Crippen molar-refractivity contribution in [1.82, 2.24) is 9.97 Å². The van der Waals surface area contributed by atoms with Crippen molar-refractivity contribution < 1.29 is 4.79 Å². The summed E-state index contributed by atoms with van der Waals surface area (Å²) in [6.45, 7) is 0. The largest absolute Gasteiger partial charge is 0.310 e. The van der Waals surface area contributed by atoms with Gasteiger partial charge in [-0.3, -0.25) is 4.79 Å². The highest BCUT2D eigenvalue weighted by Gasteiger charge is 2.18. The molecule has 0 atom stereocenters. The van der Waals surface area contributed by atoms with Gasteiger partial charge >= 0.3 is 0 Å². The Kier molecular flexibility index (Phi) is 0.943. The number of rotatable bonds is 0. The molecular weight excluding hydrogens is 130 g/mol. The van der Waals surface area contributed by atoms with Gasteiger partial charge in [-0.05, 0) is 0 Å². The maximum Gasteiger partial charge on any atom is 0.234 e. The van der Waals surface area contributed by atoms with Crippen LogP contribution in [0.3, 0.4) is 0 Å². The molecule has 2 heterocycles. The molecule has 0 bridgehead atoms. The molecule has 0 saturated heterocycles. The van der Waals surface area contributed by atoms with Crippen molar-refractivity contribution in [3.63, 3.8) is 0 Å². The summed E-state index contributed by atoms with van der Waals surface area (Å²) in [6, 6.07) is 0. The van der Waals surface area contributed by atoms with E-state index in [0.29, 0.717) is 5.82 Å². The molecule has 49 valence electrons. The molecule has 4 heteroatoms. The van der Waals surface area contributed by atoms with E-state index in [1.807, 2.05) is 0 Å². The third kappa shape index (κ3) is 0.655. The van der Waals surface area contributed by atoms with Crippen LogP contribution in [0.4, 0.5) is 5.82 Å². The Morgan fingerprint density at radius 1 is 1.50 bits per heavy atom. The van der Waals surface area contributed by atoms with E-state index < -0.39 is 0 Å². The summed E-state index contributed by atoms with van der Waals surface area (Å²) in [5.41, 5.74) is 0.757. The molecule has 1 aliphatic heterocycles. The lowest BCUT2D eigenvalue weighted by atomic mass is 10.3. The summed E-state index contributed by atoms with van der Waals surface area (Å²) in [7, 11) is 0. The quantitative estimate of drug-likeness (QED) is 0.542. The number of nitrogens with zero attached hydrogens (tertiary/aromatic N) is 2. The SMILES string of the molecule is O=C1[CH]c2cncnc2N1. The average molecular weight is 134 g/mol. The number of nitrogens with one attached hydrogen (secondary N) is 1. The van der Waals surface area contributed by atoms with Crippen LogP contribution in [0.1, 0.15) is 5.56 Å². The Balaban J connectivity index is 2.51. The van der Waals surface area contributed by atoms with E-state index in [-0.39, 0.29) is 5.91 Å². The molecule has 10 heavy (non-hydrogen) atoms. The fourth-order valence-electron chi connectivity index (χ4n) is 0.844. The minimum atomic E-state index is -0.129. The molecule has 0 aromatic carbocycles. The number of fused-ring (bicyclic) bond motifs is 1. The second-order valence-electron chi connectivity index (χ2n) is 1.96. The highest BCUT2D eigenvalue weighted by Crippen LogP contribution is 2.18. The smallest absolute Gasteiger partial charge is 0.234 e. The maximum atomic E-state index is 10.7. The molecular formula is C6H4N3O. The zero-order valence-electron chi connectivity index (χ0n) is 5.03. The summed E-state index contributed by atoms with van der Waals surface area (Å²) >= 11 is 0. The Bertz CT molecular complexity index is 257. The molecule has 2 rings (SSSR count). The van der Waals surface area contributed by atoms with Crippen molar-refractivity contribution in [2.24, 2.45) is 0 Å². The minimum absolute atomic E-state index is 0.129. The third-order valence-corrected chi connectivity index (χ3v) is 1.27. The van der Waals surface area contributed by atoms with E-state index >= 15 is 0 Å². The standard InChI is InChI=1S/C6H4N3O/c10-5-1-4-2-7-3-8-6(4)9-5/h1-3H,(H,7,8,9,10). The number of carbonyl (C=O) groups is 1. The fourth-order valence-corrected chi connectivity index (χ4v) is 0.844. The van der Waals surface area contributed by atoms with Crippen LogP contribution < -0.4 is 5.32 Å². The zero-order valence-corrected chi connectivity index (χ0v) is 5.03. The Morgan fingerprint density at radius 3 is 3.20 bits per heavy atom. The van der Waals surface area contributed by atoms with Gasteiger partial charge in [0.2, 0.25) is 5.91 Å². The van der Waals surface area contributed by atoms with Gasteiger partial charge in [0.25, 0.3) is 0 Å². The summed E-state index contributed by atoms with van der Waals surface area (Å²) in [6.07, 6.45) is 4.47. The highest BCUT2D eigenvalue weighted by molar-refractivity contribution is 6.05.